The number of nitrogens with two attached hydrogens (primary N) is 1. The lowest BCUT2D eigenvalue weighted by atomic mass is 10.1. The Kier molecular flexibility index (Phi) is 5.33. The first-order chi connectivity index (χ1) is 10.5. The van der Waals surface area contributed by atoms with Crippen LogP contribution >= 0.6 is 0 Å². The zero-order valence-corrected chi connectivity index (χ0v) is 13.1. The fourth-order valence-electron chi connectivity index (χ4n) is 2.51. The maximum Gasteiger partial charge on any atom is 0.246 e. The maximum atomic E-state index is 12.3. The normalized spacial score (nSPS) is 16.5. The van der Waals surface area contributed by atoms with E-state index in [9.17, 15) is 9.59 Å². The van der Waals surface area contributed by atoms with E-state index >= 15 is 0 Å². The van der Waals surface area contributed by atoms with Gasteiger partial charge in [-0.2, -0.15) is 0 Å². The number of hydrogen-bond acceptors (Lipinski definition) is 3. The molecule has 1 aliphatic rings. The molecule has 22 heavy (non-hydrogen) atoms. The third-order valence-corrected chi connectivity index (χ3v) is 3.95. The predicted molar refractivity (Wildman–Crippen MR) is 85.7 cm³/mol. The molecule has 1 aliphatic heterocycles. The first kappa shape index (κ1) is 16.2. The van der Waals surface area contributed by atoms with E-state index in [1.54, 1.807) is 13.0 Å². The lowest BCUT2D eigenvalue weighted by Gasteiger charge is -2.18. The molecule has 0 fully saturated rings. The van der Waals surface area contributed by atoms with Crippen LogP contribution in [0.1, 0.15) is 31.4 Å². The highest BCUT2D eigenvalue weighted by Crippen LogP contribution is 2.22. The van der Waals surface area contributed by atoms with E-state index in [1.807, 2.05) is 30.0 Å². The lowest BCUT2D eigenvalue weighted by molar-refractivity contribution is -0.126. The zero-order valence-electron chi connectivity index (χ0n) is 13.1. The smallest absolute Gasteiger partial charge is 0.246 e. The molecule has 0 spiro atoms. The highest BCUT2D eigenvalue weighted by Gasteiger charge is 2.21. The second-order valence-corrected chi connectivity index (χ2v) is 5.63. The molecule has 1 heterocycles. The first-order valence-corrected chi connectivity index (χ1v) is 7.60. The van der Waals surface area contributed by atoms with Crippen LogP contribution in [0.15, 0.2) is 36.4 Å². The molecule has 2 atom stereocenters. The molecule has 0 saturated heterocycles. The second kappa shape index (κ2) is 7.22. The summed E-state index contributed by atoms with van der Waals surface area (Å²) in [6.07, 6.45) is 4.17. The van der Waals surface area contributed by atoms with Crippen molar-refractivity contribution in [3.05, 3.63) is 47.5 Å². The Labute approximate surface area is 131 Å². The van der Waals surface area contributed by atoms with Crippen molar-refractivity contribution >= 4 is 11.8 Å². The monoisotopic (exact) mass is 301 g/mol. The van der Waals surface area contributed by atoms with Gasteiger partial charge in [0.1, 0.15) is 0 Å². The minimum atomic E-state index is -0.416. The molecule has 2 rings (SSSR count). The largest absolute Gasteiger partial charge is 0.368 e. The molecule has 1 aromatic rings. The quantitative estimate of drug-likeness (QED) is 0.778. The van der Waals surface area contributed by atoms with Gasteiger partial charge in [-0.25, -0.2) is 0 Å². The van der Waals surface area contributed by atoms with Crippen LogP contribution in [-0.2, 0) is 22.7 Å². The summed E-state index contributed by atoms with van der Waals surface area (Å²) in [4.78, 5) is 25.2. The minimum Gasteiger partial charge on any atom is -0.368 e. The van der Waals surface area contributed by atoms with Crippen LogP contribution in [0.5, 0.6) is 0 Å². The third kappa shape index (κ3) is 3.95. The fourth-order valence-corrected chi connectivity index (χ4v) is 2.51. The van der Waals surface area contributed by atoms with Crippen molar-refractivity contribution in [3.8, 4) is 0 Å². The van der Waals surface area contributed by atoms with E-state index in [-0.39, 0.29) is 11.9 Å². The van der Waals surface area contributed by atoms with Crippen molar-refractivity contribution in [2.24, 2.45) is 5.73 Å². The number of amides is 2. The van der Waals surface area contributed by atoms with Crippen LogP contribution in [0.2, 0.25) is 0 Å². The first-order valence-electron chi connectivity index (χ1n) is 7.60. The standard InChI is InChI=1S/C17H23N3O2/c1-3-15(19-12(2)17(18)22)8-9-16(21)20-10-13-6-4-5-7-14(13)11-20/h4-9,12,15,19H,3,10-11H2,1-2H3,(H2,18,22)/b9-8+/t12-,15-/m0/s1. The lowest BCUT2D eigenvalue weighted by Crippen LogP contribution is -2.43. The molecule has 2 amide bonds. The van der Waals surface area contributed by atoms with Gasteiger partial charge in [0.05, 0.1) is 6.04 Å². The van der Waals surface area contributed by atoms with Gasteiger partial charge in [-0.3, -0.25) is 14.9 Å². The molecule has 5 heteroatoms. The van der Waals surface area contributed by atoms with Crippen molar-refractivity contribution < 1.29 is 9.59 Å². The van der Waals surface area contributed by atoms with Gasteiger partial charge in [-0.15, -0.1) is 0 Å². The minimum absolute atomic E-state index is 0.0109. The van der Waals surface area contributed by atoms with Crippen molar-refractivity contribution in [2.45, 2.75) is 45.4 Å². The Hall–Kier alpha value is -2.14. The maximum absolute atomic E-state index is 12.3. The second-order valence-electron chi connectivity index (χ2n) is 5.63. The summed E-state index contributed by atoms with van der Waals surface area (Å²) >= 11 is 0. The summed E-state index contributed by atoms with van der Waals surface area (Å²) in [5.41, 5.74) is 7.65. The van der Waals surface area contributed by atoms with Gasteiger partial charge in [0.15, 0.2) is 0 Å². The number of nitrogens with one attached hydrogen (secondary N) is 1. The van der Waals surface area contributed by atoms with Gasteiger partial charge in [0, 0.05) is 25.2 Å². The van der Waals surface area contributed by atoms with Crippen molar-refractivity contribution in [3.63, 3.8) is 0 Å². The van der Waals surface area contributed by atoms with E-state index < -0.39 is 11.9 Å². The number of benzene rings is 1. The van der Waals surface area contributed by atoms with E-state index in [2.05, 4.69) is 17.4 Å². The molecule has 0 saturated carbocycles. The van der Waals surface area contributed by atoms with Crippen molar-refractivity contribution in [2.75, 3.05) is 0 Å². The molecular formula is C17H23N3O2. The number of hydrogen-bond donors (Lipinski definition) is 2. The summed E-state index contributed by atoms with van der Waals surface area (Å²) in [6, 6.07) is 7.63. The highest BCUT2D eigenvalue weighted by atomic mass is 16.2. The van der Waals surface area contributed by atoms with Gasteiger partial charge in [0.25, 0.3) is 0 Å². The van der Waals surface area contributed by atoms with E-state index in [4.69, 9.17) is 5.73 Å². The number of carbonyl (C=O) groups excluding carboxylic acids is 2. The molecule has 5 nitrogen and oxygen atoms in total. The van der Waals surface area contributed by atoms with Gasteiger partial charge in [-0.1, -0.05) is 37.3 Å². The van der Waals surface area contributed by atoms with Crippen LogP contribution in [0.3, 0.4) is 0 Å². The average molecular weight is 301 g/mol. The Morgan fingerprint density at radius 1 is 1.32 bits per heavy atom. The summed E-state index contributed by atoms with van der Waals surface area (Å²) in [5.74, 6) is -0.406. The predicted octanol–water partition coefficient (Wildman–Crippen LogP) is 1.33. The number of fused-ring (bicyclic) bond motifs is 1. The zero-order chi connectivity index (χ0) is 16.1. The highest BCUT2D eigenvalue weighted by molar-refractivity contribution is 5.88. The van der Waals surface area contributed by atoms with Crippen molar-refractivity contribution in [1.29, 1.82) is 0 Å². The van der Waals surface area contributed by atoms with E-state index in [0.29, 0.717) is 13.1 Å². The molecule has 0 unspecified atom stereocenters. The summed E-state index contributed by atoms with van der Waals surface area (Å²) in [7, 11) is 0. The average Bonchev–Trinajstić information content (AvgIpc) is 2.94. The van der Waals surface area contributed by atoms with Crippen LogP contribution < -0.4 is 11.1 Å². The van der Waals surface area contributed by atoms with Gasteiger partial charge < -0.3 is 10.6 Å². The molecule has 0 aliphatic carbocycles. The molecular weight excluding hydrogens is 278 g/mol. The molecule has 3 N–H and O–H groups in total. The number of primary amides is 1. The topological polar surface area (TPSA) is 75.4 Å². The fraction of sp³-hybridized carbons (Fsp3) is 0.412. The van der Waals surface area contributed by atoms with Gasteiger partial charge >= 0.3 is 0 Å². The molecule has 0 radical (unpaired) electrons. The van der Waals surface area contributed by atoms with Crippen molar-refractivity contribution in [1.82, 2.24) is 10.2 Å². The summed E-state index contributed by atoms with van der Waals surface area (Å²) in [6.45, 7) is 5.02. The SMILES string of the molecule is CC[C@@H](/C=C/C(=O)N1Cc2ccccc2C1)N[C@@H](C)C(N)=O. The number of nitrogens with zero attached hydrogens (tertiary/aromatic N) is 1. The summed E-state index contributed by atoms with van der Waals surface area (Å²) < 4.78 is 0. The number of carbonyl (C=O) groups is 2. The van der Waals surface area contributed by atoms with Gasteiger partial charge in [0.2, 0.25) is 11.8 Å². The van der Waals surface area contributed by atoms with Gasteiger partial charge in [-0.05, 0) is 24.5 Å². The molecule has 0 aromatic heterocycles. The van der Waals surface area contributed by atoms with E-state index in [1.165, 1.54) is 11.1 Å². The van der Waals surface area contributed by atoms with E-state index in [0.717, 1.165) is 6.42 Å². The van der Waals surface area contributed by atoms with Crippen LogP contribution in [-0.4, -0.2) is 28.8 Å². The Bertz CT molecular complexity index is 558. The molecule has 1 aromatic carbocycles. The summed E-state index contributed by atoms with van der Waals surface area (Å²) in [5, 5.41) is 3.10. The third-order valence-electron chi connectivity index (χ3n) is 3.95. The van der Waals surface area contributed by atoms with Crippen LogP contribution in [0, 0.1) is 0 Å². The van der Waals surface area contributed by atoms with Crippen LogP contribution in [0.4, 0.5) is 0 Å². The molecule has 0 bridgehead atoms. The Morgan fingerprint density at radius 3 is 2.41 bits per heavy atom. The Balaban J connectivity index is 1.92. The number of rotatable bonds is 6. The molecule has 118 valence electrons. The van der Waals surface area contributed by atoms with Crippen LogP contribution in [0.25, 0.3) is 0 Å². The Morgan fingerprint density at radius 2 is 1.91 bits per heavy atom.